The third-order valence-corrected chi connectivity index (χ3v) is 3.81. The van der Waals surface area contributed by atoms with Crippen LogP contribution in [-0.2, 0) is 4.79 Å². The Balaban J connectivity index is 2.31. The van der Waals surface area contributed by atoms with Crippen LogP contribution < -0.4 is 11.1 Å². The molecule has 0 saturated heterocycles. The first kappa shape index (κ1) is 14.5. The Bertz CT molecular complexity index is 245. The second-order valence-electron chi connectivity index (χ2n) is 6.33. The van der Waals surface area contributed by atoms with Gasteiger partial charge in [-0.3, -0.25) is 4.79 Å². The zero-order chi connectivity index (χ0) is 12.9. The summed E-state index contributed by atoms with van der Waals surface area (Å²) in [4.78, 5) is 11.8. The van der Waals surface area contributed by atoms with E-state index in [1.807, 2.05) is 0 Å². The van der Waals surface area contributed by atoms with Gasteiger partial charge >= 0.3 is 0 Å². The van der Waals surface area contributed by atoms with Gasteiger partial charge in [-0.25, -0.2) is 0 Å². The summed E-state index contributed by atoms with van der Waals surface area (Å²) in [6.45, 7) is 7.25. The molecule has 0 radical (unpaired) electrons. The molecule has 100 valence electrons. The van der Waals surface area contributed by atoms with Crippen molar-refractivity contribution in [1.82, 2.24) is 5.32 Å². The van der Waals surface area contributed by atoms with E-state index in [0.717, 1.165) is 13.0 Å². The van der Waals surface area contributed by atoms with Gasteiger partial charge in [0.2, 0.25) is 5.91 Å². The lowest BCUT2D eigenvalue weighted by molar-refractivity contribution is -0.123. The van der Waals surface area contributed by atoms with Crippen LogP contribution in [-0.4, -0.2) is 18.5 Å². The van der Waals surface area contributed by atoms with Crippen molar-refractivity contribution >= 4 is 5.91 Å². The number of nitrogens with one attached hydrogen (secondary N) is 1. The molecule has 0 bridgehead atoms. The minimum atomic E-state index is -0.345. The summed E-state index contributed by atoms with van der Waals surface area (Å²) >= 11 is 0. The number of hydrogen-bond donors (Lipinski definition) is 2. The van der Waals surface area contributed by atoms with E-state index >= 15 is 0 Å². The highest BCUT2D eigenvalue weighted by Gasteiger charge is 2.27. The fraction of sp³-hybridized carbons (Fsp3) is 0.929. The Morgan fingerprint density at radius 1 is 1.29 bits per heavy atom. The molecule has 0 aliphatic heterocycles. The molecule has 17 heavy (non-hydrogen) atoms. The standard InChI is InChI=1S/C14H28N2O/c1-11(2)9-12(15)13(17)16-10-14(3)7-5-4-6-8-14/h11-12H,4-10,15H2,1-3H3,(H,16,17)/t12-/m1/s1. The molecule has 3 nitrogen and oxygen atoms in total. The molecule has 1 aliphatic rings. The van der Waals surface area contributed by atoms with E-state index in [-0.39, 0.29) is 11.9 Å². The highest BCUT2D eigenvalue weighted by Crippen LogP contribution is 2.34. The zero-order valence-corrected chi connectivity index (χ0v) is 11.6. The van der Waals surface area contributed by atoms with E-state index in [2.05, 4.69) is 26.1 Å². The van der Waals surface area contributed by atoms with Gasteiger partial charge in [0.25, 0.3) is 0 Å². The van der Waals surface area contributed by atoms with Crippen LogP contribution in [0.2, 0.25) is 0 Å². The van der Waals surface area contributed by atoms with Crippen molar-refractivity contribution in [3.05, 3.63) is 0 Å². The quantitative estimate of drug-likeness (QED) is 0.775. The molecule has 0 aromatic carbocycles. The average Bonchev–Trinajstić information content (AvgIpc) is 2.26. The summed E-state index contributed by atoms with van der Waals surface area (Å²) in [6, 6.07) is -0.345. The molecule has 0 unspecified atom stereocenters. The lowest BCUT2D eigenvalue weighted by atomic mass is 9.75. The first-order valence-corrected chi connectivity index (χ1v) is 6.96. The maximum atomic E-state index is 11.8. The smallest absolute Gasteiger partial charge is 0.236 e. The van der Waals surface area contributed by atoms with Crippen molar-refractivity contribution in [2.24, 2.45) is 17.1 Å². The van der Waals surface area contributed by atoms with Crippen molar-refractivity contribution < 1.29 is 4.79 Å². The van der Waals surface area contributed by atoms with Crippen LogP contribution in [0.1, 0.15) is 59.3 Å². The Labute approximate surface area is 106 Å². The normalized spacial score (nSPS) is 21.2. The zero-order valence-electron chi connectivity index (χ0n) is 11.6. The van der Waals surface area contributed by atoms with Crippen molar-refractivity contribution in [3.8, 4) is 0 Å². The van der Waals surface area contributed by atoms with Crippen molar-refractivity contribution in [3.63, 3.8) is 0 Å². The number of carbonyl (C=O) groups is 1. The Morgan fingerprint density at radius 3 is 2.41 bits per heavy atom. The van der Waals surface area contributed by atoms with Crippen molar-refractivity contribution in [2.45, 2.75) is 65.3 Å². The second-order valence-corrected chi connectivity index (χ2v) is 6.33. The predicted octanol–water partition coefficient (Wildman–Crippen LogP) is 2.45. The van der Waals surface area contributed by atoms with Crippen LogP contribution in [0.25, 0.3) is 0 Å². The summed E-state index contributed by atoms with van der Waals surface area (Å²) < 4.78 is 0. The van der Waals surface area contributed by atoms with E-state index in [9.17, 15) is 4.79 Å². The molecule has 1 aliphatic carbocycles. The molecule has 0 heterocycles. The molecule has 3 N–H and O–H groups in total. The molecule has 1 rings (SSSR count). The first-order valence-electron chi connectivity index (χ1n) is 6.96. The summed E-state index contributed by atoms with van der Waals surface area (Å²) in [5.74, 6) is 0.492. The molecule has 1 saturated carbocycles. The average molecular weight is 240 g/mol. The van der Waals surface area contributed by atoms with Crippen LogP contribution in [0.5, 0.6) is 0 Å². The molecule has 1 fully saturated rings. The molecule has 3 heteroatoms. The molecule has 0 aromatic heterocycles. The van der Waals surface area contributed by atoms with Gasteiger partial charge in [-0.05, 0) is 30.6 Å². The van der Waals surface area contributed by atoms with Gasteiger partial charge in [-0.1, -0.05) is 40.0 Å². The second kappa shape index (κ2) is 6.39. The summed E-state index contributed by atoms with van der Waals surface area (Å²) in [5.41, 5.74) is 6.16. The molecule has 0 spiro atoms. The fourth-order valence-electron chi connectivity index (χ4n) is 2.63. The van der Waals surface area contributed by atoms with Gasteiger partial charge < -0.3 is 11.1 Å². The van der Waals surface area contributed by atoms with E-state index in [1.165, 1.54) is 32.1 Å². The number of hydrogen-bond acceptors (Lipinski definition) is 2. The molecular formula is C14H28N2O. The Hall–Kier alpha value is -0.570. The van der Waals surface area contributed by atoms with E-state index < -0.39 is 0 Å². The monoisotopic (exact) mass is 240 g/mol. The van der Waals surface area contributed by atoms with E-state index in [0.29, 0.717) is 11.3 Å². The lowest BCUT2D eigenvalue weighted by Crippen LogP contribution is -2.45. The van der Waals surface area contributed by atoms with Gasteiger partial charge in [0.15, 0.2) is 0 Å². The topological polar surface area (TPSA) is 55.1 Å². The summed E-state index contributed by atoms with van der Waals surface area (Å²) in [7, 11) is 0. The van der Waals surface area contributed by atoms with E-state index in [4.69, 9.17) is 5.73 Å². The number of rotatable bonds is 5. The number of amides is 1. The maximum absolute atomic E-state index is 11.8. The van der Waals surface area contributed by atoms with E-state index in [1.54, 1.807) is 0 Å². The molecule has 1 amide bonds. The van der Waals surface area contributed by atoms with Gasteiger partial charge in [-0.2, -0.15) is 0 Å². The highest BCUT2D eigenvalue weighted by atomic mass is 16.2. The largest absolute Gasteiger partial charge is 0.354 e. The van der Waals surface area contributed by atoms with Gasteiger partial charge in [-0.15, -0.1) is 0 Å². The minimum Gasteiger partial charge on any atom is -0.354 e. The highest BCUT2D eigenvalue weighted by molar-refractivity contribution is 5.81. The predicted molar refractivity (Wildman–Crippen MR) is 71.6 cm³/mol. The number of nitrogens with two attached hydrogens (primary N) is 1. The molecule has 0 aromatic rings. The van der Waals surface area contributed by atoms with Gasteiger partial charge in [0.1, 0.15) is 0 Å². The summed E-state index contributed by atoms with van der Waals surface area (Å²) in [6.07, 6.45) is 7.16. The van der Waals surface area contributed by atoms with Gasteiger partial charge in [0, 0.05) is 6.54 Å². The summed E-state index contributed by atoms with van der Waals surface area (Å²) in [5, 5.41) is 3.03. The maximum Gasteiger partial charge on any atom is 0.236 e. The van der Waals surface area contributed by atoms with Crippen molar-refractivity contribution in [1.29, 1.82) is 0 Å². The lowest BCUT2D eigenvalue weighted by Gasteiger charge is -2.34. The SMILES string of the molecule is CC(C)C[C@@H](N)C(=O)NCC1(C)CCCCC1. The first-order chi connectivity index (χ1) is 7.93. The third kappa shape index (κ3) is 5.07. The van der Waals surface area contributed by atoms with Crippen LogP contribution in [0.4, 0.5) is 0 Å². The Kier molecular flexibility index (Phi) is 5.44. The Morgan fingerprint density at radius 2 is 1.88 bits per heavy atom. The minimum absolute atomic E-state index is 0.0190. The van der Waals surface area contributed by atoms with Crippen LogP contribution in [0.3, 0.4) is 0 Å². The fourth-order valence-corrected chi connectivity index (χ4v) is 2.63. The third-order valence-electron chi connectivity index (χ3n) is 3.81. The number of carbonyl (C=O) groups excluding carboxylic acids is 1. The van der Waals surface area contributed by atoms with Gasteiger partial charge in [0.05, 0.1) is 6.04 Å². The van der Waals surface area contributed by atoms with Crippen LogP contribution >= 0.6 is 0 Å². The molecular weight excluding hydrogens is 212 g/mol. The van der Waals surface area contributed by atoms with Crippen molar-refractivity contribution in [2.75, 3.05) is 6.54 Å². The van der Waals surface area contributed by atoms with Crippen LogP contribution in [0, 0.1) is 11.3 Å². The van der Waals surface area contributed by atoms with Crippen LogP contribution in [0.15, 0.2) is 0 Å². The molecule has 1 atom stereocenters.